The molecule has 4 nitrogen and oxygen atoms in total. The van der Waals surface area contributed by atoms with Gasteiger partial charge >= 0.3 is 5.97 Å². The second-order valence-corrected chi connectivity index (χ2v) is 6.96. The Morgan fingerprint density at radius 3 is 2.52 bits per heavy atom. The number of carbonyl (C=O) groups is 1. The van der Waals surface area contributed by atoms with Crippen LogP contribution in [-0.2, 0) is 22.6 Å². The number of aliphatic carboxylic acids is 1. The number of nitrogens with zero attached hydrogens (tertiary/aromatic N) is 1. The summed E-state index contributed by atoms with van der Waals surface area (Å²) in [6.07, 6.45) is 2.66. The van der Waals surface area contributed by atoms with Crippen molar-refractivity contribution in [1.82, 2.24) is 4.90 Å². The standard InChI is InChI=1S/C22H27NO3.ClH/c24-22(25)20-11-6-12-23(16-20)13-14-26-17-21-10-5-4-9-19(21)15-18-7-2-1-3-8-18;/h1-5,7-10,20H,6,11-17H2,(H,24,25);1H. The highest BCUT2D eigenvalue weighted by atomic mass is 35.5. The van der Waals surface area contributed by atoms with Crippen LogP contribution < -0.4 is 0 Å². The Labute approximate surface area is 167 Å². The molecule has 5 heteroatoms. The number of benzene rings is 2. The van der Waals surface area contributed by atoms with Crippen LogP contribution in [0, 0.1) is 5.92 Å². The van der Waals surface area contributed by atoms with Crippen LogP contribution in [0.2, 0.25) is 0 Å². The molecular formula is C22H28ClNO3. The fraction of sp³-hybridized carbons (Fsp3) is 0.409. The maximum absolute atomic E-state index is 11.1. The highest BCUT2D eigenvalue weighted by Crippen LogP contribution is 2.17. The molecule has 1 aliphatic heterocycles. The van der Waals surface area contributed by atoms with Crippen molar-refractivity contribution in [3.8, 4) is 0 Å². The minimum Gasteiger partial charge on any atom is -0.481 e. The van der Waals surface area contributed by atoms with Gasteiger partial charge < -0.3 is 14.7 Å². The predicted octanol–water partition coefficient (Wildman–Crippen LogP) is 4.01. The van der Waals surface area contributed by atoms with Gasteiger partial charge in [-0.15, -0.1) is 12.4 Å². The number of carboxylic acid groups (broad SMARTS) is 1. The summed E-state index contributed by atoms with van der Waals surface area (Å²) in [6.45, 7) is 3.64. The Balaban J connectivity index is 0.00000261. The lowest BCUT2D eigenvalue weighted by atomic mass is 9.98. The van der Waals surface area contributed by atoms with E-state index in [0.717, 1.165) is 32.4 Å². The van der Waals surface area contributed by atoms with Gasteiger partial charge in [0.05, 0.1) is 19.1 Å². The summed E-state index contributed by atoms with van der Waals surface area (Å²) in [5.74, 6) is -0.902. The number of halogens is 1. The average Bonchev–Trinajstić information content (AvgIpc) is 2.67. The molecule has 1 saturated heterocycles. The topological polar surface area (TPSA) is 49.8 Å². The lowest BCUT2D eigenvalue weighted by molar-refractivity contribution is -0.143. The van der Waals surface area contributed by atoms with Gasteiger partial charge in [-0.25, -0.2) is 0 Å². The summed E-state index contributed by atoms with van der Waals surface area (Å²) in [6, 6.07) is 18.9. The molecule has 1 atom stereocenters. The molecule has 0 bridgehead atoms. The van der Waals surface area contributed by atoms with E-state index in [1.165, 1.54) is 16.7 Å². The van der Waals surface area contributed by atoms with Crippen LogP contribution in [0.25, 0.3) is 0 Å². The van der Waals surface area contributed by atoms with Gasteiger partial charge in [0.1, 0.15) is 0 Å². The van der Waals surface area contributed by atoms with E-state index in [0.29, 0.717) is 19.8 Å². The summed E-state index contributed by atoms with van der Waals surface area (Å²) in [5.41, 5.74) is 3.81. The Morgan fingerprint density at radius 2 is 1.78 bits per heavy atom. The number of hydrogen-bond acceptors (Lipinski definition) is 3. The van der Waals surface area contributed by atoms with Crippen LogP contribution in [0.4, 0.5) is 0 Å². The van der Waals surface area contributed by atoms with E-state index in [-0.39, 0.29) is 18.3 Å². The largest absolute Gasteiger partial charge is 0.481 e. The van der Waals surface area contributed by atoms with E-state index in [4.69, 9.17) is 4.74 Å². The van der Waals surface area contributed by atoms with Gasteiger partial charge in [0.15, 0.2) is 0 Å². The minimum absolute atomic E-state index is 0. The normalized spacial score (nSPS) is 17.3. The first kappa shape index (κ1) is 21.4. The van der Waals surface area contributed by atoms with E-state index in [9.17, 15) is 9.90 Å². The Hall–Kier alpha value is -1.88. The van der Waals surface area contributed by atoms with Gasteiger partial charge in [0.25, 0.3) is 0 Å². The molecule has 0 saturated carbocycles. The third-order valence-electron chi connectivity index (χ3n) is 5.02. The van der Waals surface area contributed by atoms with Crippen molar-refractivity contribution >= 4 is 18.4 Å². The third kappa shape index (κ3) is 6.65. The molecular weight excluding hydrogens is 362 g/mol. The molecule has 0 aliphatic carbocycles. The van der Waals surface area contributed by atoms with Crippen LogP contribution in [0.15, 0.2) is 54.6 Å². The molecule has 1 unspecified atom stereocenters. The van der Waals surface area contributed by atoms with Gasteiger partial charge in [-0.3, -0.25) is 4.79 Å². The molecule has 2 aromatic carbocycles. The molecule has 2 aromatic rings. The monoisotopic (exact) mass is 389 g/mol. The summed E-state index contributed by atoms with van der Waals surface area (Å²) >= 11 is 0. The molecule has 0 spiro atoms. The van der Waals surface area contributed by atoms with Crippen LogP contribution >= 0.6 is 12.4 Å². The highest BCUT2D eigenvalue weighted by molar-refractivity contribution is 5.85. The molecule has 1 N–H and O–H groups in total. The van der Waals surface area contributed by atoms with Crippen molar-refractivity contribution in [3.63, 3.8) is 0 Å². The van der Waals surface area contributed by atoms with Crippen molar-refractivity contribution < 1.29 is 14.6 Å². The van der Waals surface area contributed by atoms with E-state index < -0.39 is 5.97 Å². The molecule has 3 rings (SSSR count). The number of piperidine rings is 1. The molecule has 0 aromatic heterocycles. The first-order valence-electron chi connectivity index (χ1n) is 9.36. The van der Waals surface area contributed by atoms with Crippen molar-refractivity contribution in [2.75, 3.05) is 26.2 Å². The van der Waals surface area contributed by atoms with E-state index in [1.807, 2.05) is 6.07 Å². The smallest absolute Gasteiger partial charge is 0.307 e. The lowest BCUT2D eigenvalue weighted by Crippen LogP contribution is -2.40. The number of rotatable bonds is 8. The van der Waals surface area contributed by atoms with Gasteiger partial charge in [-0.2, -0.15) is 0 Å². The molecule has 146 valence electrons. The minimum atomic E-state index is -0.676. The van der Waals surface area contributed by atoms with Crippen LogP contribution in [0.5, 0.6) is 0 Å². The Kier molecular flexibility index (Phi) is 8.79. The van der Waals surface area contributed by atoms with Gasteiger partial charge in [0.2, 0.25) is 0 Å². The van der Waals surface area contributed by atoms with Gasteiger partial charge in [-0.05, 0) is 42.5 Å². The van der Waals surface area contributed by atoms with Crippen molar-refractivity contribution in [2.45, 2.75) is 25.9 Å². The summed E-state index contributed by atoms with van der Waals surface area (Å²) in [4.78, 5) is 13.4. The molecule has 0 amide bonds. The van der Waals surface area contributed by atoms with E-state index in [2.05, 4.69) is 53.4 Å². The zero-order chi connectivity index (χ0) is 18.2. The van der Waals surface area contributed by atoms with Gasteiger partial charge in [0, 0.05) is 13.1 Å². The average molecular weight is 390 g/mol. The maximum atomic E-state index is 11.1. The number of hydrogen-bond donors (Lipinski definition) is 1. The van der Waals surface area contributed by atoms with Crippen LogP contribution in [0.1, 0.15) is 29.5 Å². The fourth-order valence-corrected chi connectivity index (χ4v) is 3.52. The first-order chi connectivity index (χ1) is 12.7. The summed E-state index contributed by atoms with van der Waals surface area (Å²) in [5, 5.41) is 9.17. The fourth-order valence-electron chi connectivity index (χ4n) is 3.52. The van der Waals surface area contributed by atoms with E-state index in [1.54, 1.807) is 0 Å². The SMILES string of the molecule is Cl.O=C(O)C1CCCN(CCOCc2ccccc2Cc2ccccc2)C1. The molecule has 1 heterocycles. The Bertz CT molecular complexity index is 708. The highest BCUT2D eigenvalue weighted by Gasteiger charge is 2.24. The molecule has 1 aliphatic rings. The van der Waals surface area contributed by atoms with Crippen LogP contribution in [-0.4, -0.2) is 42.2 Å². The van der Waals surface area contributed by atoms with Crippen molar-refractivity contribution in [2.24, 2.45) is 5.92 Å². The summed E-state index contributed by atoms with van der Waals surface area (Å²) in [7, 11) is 0. The summed E-state index contributed by atoms with van der Waals surface area (Å²) < 4.78 is 5.91. The molecule has 1 fully saturated rings. The Morgan fingerprint density at radius 1 is 1.07 bits per heavy atom. The second-order valence-electron chi connectivity index (χ2n) is 6.96. The van der Waals surface area contributed by atoms with Crippen molar-refractivity contribution in [3.05, 3.63) is 71.3 Å². The van der Waals surface area contributed by atoms with Crippen LogP contribution in [0.3, 0.4) is 0 Å². The van der Waals surface area contributed by atoms with Gasteiger partial charge in [-0.1, -0.05) is 54.6 Å². The molecule has 0 radical (unpaired) electrons. The quantitative estimate of drug-likeness (QED) is 0.693. The number of ether oxygens (including phenoxy) is 1. The zero-order valence-corrected chi connectivity index (χ0v) is 16.4. The first-order valence-corrected chi connectivity index (χ1v) is 9.36. The van der Waals surface area contributed by atoms with Crippen molar-refractivity contribution in [1.29, 1.82) is 0 Å². The number of carboxylic acids is 1. The lowest BCUT2D eigenvalue weighted by Gasteiger charge is -2.30. The second kappa shape index (κ2) is 11.1. The van der Waals surface area contributed by atoms with E-state index >= 15 is 0 Å². The number of likely N-dealkylation sites (tertiary alicyclic amines) is 1. The maximum Gasteiger partial charge on any atom is 0.307 e. The third-order valence-corrected chi connectivity index (χ3v) is 5.02. The molecule has 27 heavy (non-hydrogen) atoms. The predicted molar refractivity (Wildman–Crippen MR) is 109 cm³/mol. The zero-order valence-electron chi connectivity index (χ0n) is 15.5.